The number of aromatic nitrogens is 1. The normalized spacial score (nSPS) is 16.1. The van der Waals surface area contributed by atoms with Crippen molar-refractivity contribution in [1.82, 2.24) is 15.4 Å². The Bertz CT molecular complexity index is 1350. The Labute approximate surface area is 229 Å². The first-order chi connectivity index (χ1) is 19.2. The summed E-state index contributed by atoms with van der Waals surface area (Å²) in [5.74, 6) is -4.11. The van der Waals surface area contributed by atoms with Gasteiger partial charge < -0.3 is 15.2 Å². The number of carbonyl (C=O) groups excluding carboxylic acids is 1. The maximum atomic E-state index is 15.9. The lowest BCUT2D eigenvalue weighted by Crippen LogP contribution is -2.49. The lowest BCUT2D eigenvalue weighted by molar-refractivity contribution is -0.143. The van der Waals surface area contributed by atoms with Gasteiger partial charge in [0.25, 0.3) is 0 Å². The van der Waals surface area contributed by atoms with Gasteiger partial charge in [-0.3, -0.25) is 19.9 Å². The van der Waals surface area contributed by atoms with Gasteiger partial charge in [-0.05, 0) is 62.5 Å². The standard InChI is InChI=1S/C28H32F4N4O4/c1-39-19-2-3-23-20(14-19)25(17(15-33)16-34-23)21(30)4-5-28(27(37)35-38)6-8-36(9-7-28)10-11-40-24-13-18(29)12-22(31)26(24)32/h2-3,12-14,16,21,38H,4-11,15,33H2,1H3,(H,35,37)/t21-/m1/s1. The van der Waals surface area contributed by atoms with Gasteiger partial charge in [-0.2, -0.15) is 4.39 Å². The van der Waals surface area contributed by atoms with Crippen molar-refractivity contribution in [2.75, 3.05) is 33.4 Å². The molecule has 8 nitrogen and oxygen atoms in total. The first kappa shape index (κ1) is 29.5. The number of nitrogens with two attached hydrogens (primary N) is 1. The number of ether oxygens (including phenoxy) is 2. The molecular weight excluding hydrogens is 532 g/mol. The van der Waals surface area contributed by atoms with Crippen molar-refractivity contribution < 1.29 is 37.0 Å². The number of hydroxylamine groups is 1. The minimum absolute atomic E-state index is 0.00423. The highest BCUT2D eigenvalue weighted by atomic mass is 19.2. The Morgan fingerprint density at radius 2 is 1.98 bits per heavy atom. The number of hydrogen-bond donors (Lipinski definition) is 3. The van der Waals surface area contributed by atoms with E-state index < -0.39 is 40.7 Å². The number of nitrogens with zero attached hydrogens (tertiary/aromatic N) is 2. The number of nitrogens with one attached hydrogen (secondary N) is 1. The highest BCUT2D eigenvalue weighted by molar-refractivity contribution is 5.85. The minimum Gasteiger partial charge on any atom is -0.497 e. The Hall–Kier alpha value is -3.48. The molecule has 1 aliphatic rings. The summed E-state index contributed by atoms with van der Waals surface area (Å²) in [6, 6.07) is 6.40. The number of alkyl halides is 1. The van der Waals surface area contributed by atoms with Gasteiger partial charge in [-0.1, -0.05) is 0 Å². The average Bonchev–Trinajstić information content (AvgIpc) is 2.97. The van der Waals surface area contributed by atoms with E-state index in [1.165, 1.54) is 7.11 Å². The smallest absolute Gasteiger partial charge is 0.249 e. The quantitative estimate of drug-likeness (QED) is 0.135. The zero-order valence-corrected chi connectivity index (χ0v) is 22.1. The van der Waals surface area contributed by atoms with Gasteiger partial charge >= 0.3 is 0 Å². The largest absolute Gasteiger partial charge is 0.497 e. The molecular formula is C28H32F4N4O4. The number of likely N-dealkylation sites (tertiary alicyclic amines) is 1. The Balaban J connectivity index is 1.42. The van der Waals surface area contributed by atoms with Crippen LogP contribution in [0.1, 0.15) is 43.0 Å². The van der Waals surface area contributed by atoms with Gasteiger partial charge in [0, 0.05) is 42.4 Å². The highest BCUT2D eigenvalue weighted by Crippen LogP contribution is 2.41. The van der Waals surface area contributed by atoms with Crippen LogP contribution in [0, 0.1) is 22.9 Å². The molecule has 3 aromatic rings. The Morgan fingerprint density at radius 1 is 1.23 bits per heavy atom. The van der Waals surface area contributed by atoms with Crippen molar-refractivity contribution >= 4 is 16.8 Å². The van der Waals surface area contributed by atoms with Gasteiger partial charge in [-0.15, -0.1) is 0 Å². The van der Waals surface area contributed by atoms with E-state index in [1.54, 1.807) is 29.9 Å². The molecule has 2 heterocycles. The topological polar surface area (TPSA) is 110 Å². The molecule has 4 N–H and O–H groups in total. The van der Waals surface area contributed by atoms with Crippen LogP contribution >= 0.6 is 0 Å². The van der Waals surface area contributed by atoms with E-state index >= 15 is 4.39 Å². The lowest BCUT2D eigenvalue weighted by Gasteiger charge is -2.40. The monoisotopic (exact) mass is 564 g/mol. The van der Waals surface area contributed by atoms with Crippen molar-refractivity contribution in [3.63, 3.8) is 0 Å². The van der Waals surface area contributed by atoms with Crippen LogP contribution in [0.15, 0.2) is 36.5 Å². The summed E-state index contributed by atoms with van der Waals surface area (Å²) in [5.41, 5.74) is 8.16. The van der Waals surface area contributed by atoms with E-state index in [1.807, 2.05) is 4.90 Å². The van der Waals surface area contributed by atoms with Crippen molar-refractivity contribution in [3.05, 3.63) is 65.1 Å². The summed E-state index contributed by atoms with van der Waals surface area (Å²) < 4.78 is 67.0. The van der Waals surface area contributed by atoms with Crippen LogP contribution in [0.2, 0.25) is 0 Å². The fourth-order valence-corrected chi connectivity index (χ4v) is 5.28. The maximum absolute atomic E-state index is 15.9. The van der Waals surface area contributed by atoms with Gasteiger partial charge in [0.2, 0.25) is 11.7 Å². The first-order valence-electron chi connectivity index (χ1n) is 12.9. The van der Waals surface area contributed by atoms with E-state index in [-0.39, 0.29) is 26.0 Å². The molecule has 4 rings (SSSR count). The number of halogens is 4. The van der Waals surface area contributed by atoms with Crippen molar-refractivity contribution in [2.45, 2.75) is 38.4 Å². The van der Waals surface area contributed by atoms with E-state index in [0.29, 0.717) is 66.3 Å². The van der Waals surface area contributed by atoms with E-state index in [9.17, 15) is 23.2 Å². The summed E-state index contributed by atoms with van der Waals surface area (Å²) in [5, 5.41) is 10.0. The summed E-state index contributed by atoms with van der Waals surface area (Å²) in [7, 11) is 1.52. The van der Waals surface area contributed by atoms with Crippen molar-refractivity contribution in [1.29, 1.82) is 0 Å². The predicted octanol–water partition coefficient (Wildman–Crippen LogP) is 4.58. The molecule has 0 saturated carbocycles. The van der Waals surface area contributed by atoms with Crippen molar-refractivity contribution in [2.24, 2.45) is 11.1 Å². The van der Waals surface area contributed by atoms with Gasteiger partial charge in [0.15, 0.2) is 11.6 Å². The number of benzene rings is 2. The lowest BCUT2D eigenvalue weighted by atomic mass is 9.73. The molecule has 1 aromatic heterocycles. The molecule has 216 valence electrons. The van der Waals surface area contributed by atoms with Crippen LogP contribution in [-0.2, 0) is 11.3 Å². The van der Waals surface area contributed by atoms with Gasteiger partial charge in [0.1, 0.15) is 24.3 Å². The molecule has 0 bridgehead atoms. The molecule has 1 fully saturated rings. The maximum Gasteiger partial charge on any atom is 0.249 e. The second-order valence-electron chi connectivity index (χ2n) is 9.90. The SMILES string of the molecule is COc1ccc2ncc(CN)c([C@H](F)CCC3(C(=O)NO)CCN(CCOc4cc(F)cc(F)c4F)CC3)c2c1. The van der Waals surface area contributed by atoms with E-state index in [2.05, 4.69) is 4.98 Å². The fourth-order valence-electron chi connectivity index (χ4n) is 5.28. The number of methoxy groups -OCH3 is 1. The molecule has 0 radical (unpaired) electrons. The third-order valence-corrected chi connectivity index (χ3v) is 7.63. The third-order valence-electron chi connectivity index (χ3n) is 7.63. The molecule has 40 heavy (non-hydrogen) atoms. The number of piperidine rings is 1. The zero-order valence-electron chi connectivity index (χ0n) is 22.1. The summed E-state index contributed by atoms with van der Waals surface area (Å²) in [6.07, 6.45) is 0.915. The second kappa shape index (κ2) is 12.8. The van der Waals surface area contributed by atoms with E-state index in [0.717, 1.165) is 6.07 Å². The fraction of sp³-hybridized carbons (Fsp3) is 0.429. The van der Waals surface area contributed by atoms with Crippen LogP contribution in [0.5, 0.6) is 11.5 Å². The van der Waals surface area contributed by atoms with E-state index in [4.69, 9.17) is 15.2 Å². The summed E-state index contributed by atoms with van der Waals surface area (Å²) >= 11 is 0. The van der Waals surface area contributed by atoms with Crippen LogP contribution in [0.25, 0.3) is 10.9 Å². The number of carbonyl (C=O) groups is 1. The molecule has 12 heteroatoms. The summed E-state index contributed by atoms with van der Waals surface area (Å²) in [4.78, 5) is 19.1. The van der Waals surface area contributed by atoms with Crippen LogP contribution < -0.4 is 20.7 Å². The molecule has 0 aliphatic carbocycles. The molecule has 0 unspecified atom stereocenters. The van der Waals surface area contributed by atoms with Crippen LogP contribution in [0.3, 0.4) is 0 Å². The summed E-state index contributed by atoms with van der Waals surface area (Å²) in [6.45, 7) is 1.19. The predicted molar refractivity (Wildman–Crippen MR) is 139 cm³/mol. The number of rotatable bonds is 11. The number of hydrogen-bond acceptors (Lipinski definition) is 7. The van der Waals surface area contributed by atoms with Gasteiger partial charge in [0.05, 0.1) is 18.0 Å². The van der Waals surface area contributed by atoms with Crippen molar-refractivity contribution in [3.8, 4) is 11.5 Å². The highest BCUT2D eigenvalue weighted by Gasteiger charge is 2.41. The second-order valence-corrected chi connectivity index (χ2v) is 9.90. The molecule has 1 amide bonds. The third kappa shape index (κ3) is 6.29. The molecule has 1 aliphatic heterocycles. The Kier molecular flexibility index (Phi) is 9.44. The van der Waals surface area contributed by atoms with Gasteiger partial charge in [-0.25, -0.2) is 18.7 Å². The van der Waals surface area contributed by atoms with Crippen LogP contribution in [-0.4, -0.2) is 54.3 Å². The number of fused-ring (bicyclic) bond motifs is 1. The van der Waals surface area contributed by atoms with Crippen LogP contribution in [0.4, 0.5) is 17.6 Å². The zero-order chi connectivity index (χ0) is 28.9. The number of pyridine rings is 1. The molecule has 2 aromatic carbocycles. The Morgan fingerprint density at radius 3 is 2.65 bits per heavy atom. The number of amides is 1. The molecule has 1 atom stereocenters. The minimum atomic E-state index is -1.45. The first-order valence-corrected chi connectivity index (χ1v) is 12.9. The average molecular weight is 565 g/mol. The molecule has 0 spiro atoms. The molecule has 1 saturated heterocycles.